The van der Waals surface area contributed by atoms with Crippen molar-refractivity contribution in [1.82, 2.24) is 19.5 Å². The molecule has 2 aromatic rings. The third-order valence-corrected chi connectivity index (χ3v) is 7.59. The summed E-state index contributed by atoms with van der Waals surface area (Å²) in [7, 11) is -2.52. The maximum atomic E-state index is 13.6. The van der Waals surface area contributed by atoms with Crippen molar-refractivity contribution >= 4 is 21.5 Å². The van der Waals surface area contributed by atoms with Crippen molar-refractivity contribution in [2.75, 3.05) is 33.2 Å². The lowest BCUT2D eigenvalue weighted by Crippen LogP contribution is -2.40. The summed E-state index contributed by atoms with van der Waals surface area (Å²) in [5.41, 5.74) is 2.78. The number of likely N-dealkylation sites (N-methyl/N-ethyl adjacent to an activating group) is 1. The number of carbonyl (C=O) groups is 1. The molecule has 0 bridgehead atoms. The number of hydrogen-bond acceptors (Lipinski definition) is 6. The number of likely N-dealkylation sites (tertiary alicyclic amines) is 1. The number of nitrogens with one attached hydrogen (secondary N) is 1. The van der Waals surface area contributed by atoms with Crippen LogP contribution in [0.25, 0.3) is 5.70 Å². The van der Waals surface area contributed by atoms with Crippen LogP contribution in [0, 0.1) is 13.8 Å². The fourth-order valence-corrected chi connectivity index (χ4v) is 5.77. The number of rotatable bonds is 5. The molecule has 31 heavy (non-hydrogen) atoms. The summed E-state index contributed by atoms with van der Waals surface area (Å²) in [6.07, 6.45) is 2.41. The molecule has 4 rings (SSSR count). The molecule has 1 aromatic carbocycles. The van der Waals surface area contributed by atoms with Gasteiger partial charge in [0.15, 0.2) is 5.03 Å². The number of aryl methyl sites for hydroxylation is 2. The second-order valence-corrected chi connectivity index (χ2v) is 10.0. The number of sulfonamides is 1. The largest absolute Gasteiger partial charge is 0.381 e. The molecule has 0 spiro atoms. The van der Waals surface area contributed by atoms with Crippen LogP contribution in [0.3, 0.4) is 0 Å². The number of pyridine rings is 1. The van der Waals surface area contributed by atoms with Gasteiger partial charge in [0.25, 0.3) is 10.0 Å². The molecule has 0 unspecified atom stereocenters. The van der Waals surface area contributed by atoms with Crippen LogP contribution < -0.4 is 5.32 Å². The van der Waals surface area contributed by atoms with E-state index in [1.54, 1.807) is 19.9 Å². The molecule has 1 fully saturated rings. The molecule has 3 heterocycles. The van der Waals surface area contributed by atoms with Gasteiger partial charge in [0.05, 0.1) is 11.3 Å². The van der Waals surface area contributed by atoms with Gasteiger partial charge < -0.3 is 10.2 Å². The Balaban J connectivity index is 1.83. The van der Waals surface area contributed by atoms with E-state index in [1.807, 2.05) is 30.3 Å². The van der Waals surface area contributed by atoms with E-state index in [4.69, 9.17) is 0 Å². The van der Waals surface area contributed by atoms with Gasteiger partial charge in [0.2, 0.25) is 5.78 Å². The lowest BCUT2D eigenvalue weighted by Gasteiger charge is -2.31. The summed E-state index contributed by atoms with van der Waals surface area (Å²) in [6, 6.07) is 11.2. The molecular weight excluding hydrogens is 412 g/mol. The first-order valence-corrected chi connectivity index (χ1v) is 12.0. The van der Waals surface area contributed by atoms with Crippen molar-refractivity contribution in [2.24, 2.45) is 0 Å². The number of allylic oxidation sites excluding steroid dienone is 1. The van der Waals surface area contributed by atoms with Gasteiger partial charge in [-0.05, 0) is 57.0 Å². The monoisotopic (exact) mass is 440 g/mol. The SMILES string of the molecule is Cc1cc(C)c2c(n1)S(=O)(=O)N(C)/C(=C(/NCCN1CCCC1)c1ccccc1)C2=O. The van der Waals surface area contributed by atoms with E-state index >= 15 is 0 Å². The number of benzene rings is 1. The number of hydrogen-bond donors (Lipinski definition) is 1. The van der Waals surface area contributed by atoms with E-state index in [0.717, 1.165) is 29.5 Å². The maximum Gasteiger partial charge on any atom is 0.282 e. The van der Waals surface area contributed by atoms with Crippen LogP contribution in [-0.2, 0) is 10.0 Å². The summed E-state index contributed by atoms with van der Waals surface area (Å²) >= 11 is 0. The zero-order chi connectivity index (χ0) is 22.2. The van der Waals surface area contributed by atoms with Gasteiger partial charge in [-0.25, -0.2) is 4.98 Å². The minimum Gasteiger partial charge on any atom is -0.381 e. The van der Waals surface area contributed by atoms with Crippen molar-refractivity contribution in [3.63, 3.8) is 0 Å². The summed E-state index contributed by atoms with van der Waals surface area (Å²) in [5, 5.41) is 3.22. The molecule has 8 heteroatoms. The van der Waals surface area contributed by atoms with E-state index in [1.165, 1.54) is 19.9 Å². The van der Waals surface area contributed by atoms with Gasteiger partial charge in [-0.1, -0.05) is 30.3 Å². The Labute approximate surface area is 183 Å². The van der Waals surface area contributed by atoms with Crippen LogP contribution in [0.15, 0.2) is 47.1 Å². The summed E-state index contributed by atoms with van der Waals surface area (Å²) in [6.45, 7) is 7.09. The maximum absolute atomic E-state index is 13.6. The highest BCUT2D eigenvalue weighted by Gasteiger charge is 2.41. The molecule has 1 aromatic heterocycles. The Morgan fingerprint density at radius 2 is 1.81 bits per heavy atom. The first kappa shape index (κ1) is 21.5. The summed E-state index contributed by atoms with van der Waals surface area (Å²) < 4.78 is 27.7. The van der Waals surface area contributed by atoms with E-state index < -0.39 is 10.0 Å². The fraction of sp³-hybridized carbons (Fsp3) is 0.391. The first-order valence-electron chi connectivity index (χ1n) is 10.6. The Bertz CT molecular complexity index is 1140. The number of carbonyl (C=O) groups excluding carboxylic acids is 1. The van der Waals surface area contributed by atoms with Gasteiger partial charge in [-0.3, -0.25) is 9.10 Å². The van der Waals surface area contributed by atoms with Crippen LogP contribution in [0.2, 0.25) is 0 Å². The minimum absolute atomic E-state index is 0.133. The van der Waals surface area contributed by atoms with E-state index in [2.05, 4.69) is 15.2 Å². The third-order valence-electron chi connectivity index (χ3n) is 5.90. The second kappa shape index (κ2) is 8.43. The predicted octanol–water partition coefficient (Wildman–Crippen LogP) is 2.57. The smallest absolute Gasteiger partial charge is 0.282 e. The topological polar surface area (TPSA) is 82.6 Å². The molecule has 2 aliphatic heterocycles. The lowest BCUT2D eigenvalue weighted by atomic mass is 10.0. The molecule has 7 nitrogen and oxygen atoms in total. The molecule has 0 aliphatic carbocycles. The molecule has 2 aliphatic rings. The van der Waals surface area contributed by atoms with Crippen LogP contribution in [0.1, 0.15) is 40.0 Å². The molecule has 0 radical (unpaired) electrons. The van der Waals surface area contributed by atoms with Gasteiger partial charge in [0.1, 0.15) is 5.70 Å². The number of aromatic nitrogens is 1. The van der Waals surface area contributed by atoms with E-state index in [0.29, 0.717) is 23.5 Å². The number of ketones is 1. The first-order chi connectivity index (χ1) is 14.8. The molecule has 1 N–H and O–H groups in total. The zero-order valence-electron chi connectivity index (χ0n) is 18.2. The third kappa shape index (κ3) is 3.97. The Hall–Kier alpha value is -2.71. The molecular formula is C23H28N4O3S. The van der Waals surface area contributed by atoms with Crippen molar-refractivity contribution in [1.29, 1.82) is 0 Å². The average Bonchev–Trinajstić information content (AvgIpc) is 3.25. The lowest BCUT2D eigenvalue weighted by molar-refractivity contribution is 0.100. The predicted molar refractivity (Wildman–Crippen MR) is 120 cm³/mol. The van der Waals surface area contributed by atoms with Crippen LogP contribution in [0.4, 0.5) is 0 Å². The molecule has 164 valence electrons. The van der Waals surface area contributed by atoms with Crippen LogP contribution in [0.5, 0.6) is 0 Å². The van der Waals surface area contributed by atoms with E-state index in [9.17, 15) is 13.2 Å². The summed E-state index contributed by atoms with van der Waals surface area (Å²) in [5.74, 6) is -0.329. The summed E-state index contributed by atoms with van der Waals surface area (Å²) in [4.78, 5) is 20.2. The van der Waals surface area contributed by atoms with Crippen molar-refractivity contribution in [2.45, 2.75) is 31.7 Å². The Morgan fingerprint density at radius 1 is 1.13 bits per heavy atom. The van der Waals surface area contributed by atoms with Gasteiger partial charge in [0, 0.05) is 25.8 Å². The quantitative estimate of drug-likeness (QED) is 0.720. The fourth-order valence-electron chi connectivity index (χ4n) is 4.32. The highest BCUT2D eigenvalue weighted by atomic mass is 32.2. The van der Waals surface area contributed by atoms with Crippen LogP contribution in [-0.4, -0.2) is 61.6 Å². The molecule has 1 saturated heterocycles. The van der Waals surface area contributed by atoms with Crippen molar-refractivity contribution < 1.29 is 13.2 Å². The second-order valence-electron chi connectivity index (χ2n) is 8.13. The van der Waals surface area contributed by atoms with Crippen molar-refractivity contribution in [3.05, 3.63) is 64.5 Å². The highest BCUT2D eigenvalue weighted by molar-refractivity contribution is 7.89. The van der Waals surface area contributed by atoms with E-state index in [-0.39, 0.29) is 22.1 Å². The molecule has 0 amide bonds. The Morgan fingerprint density at radius 3 is 2.48 bits per heavy atom. The molecule has 0 atom stereocenters. The van der Waals surface area contributed by atoms with Gasteiger partial charge in [-0.2, -0.15) is 8.42 Å². The van der Waals surface area contributed by atoms with Crippen molar-refractivity contribution in [3.8, 4) is 0 Å². The van der Waals surface area contributed by atoms with Gasteiger partial charge in [-0.15, -0.1) is 0 Å². The number of fused-ring (bicyclic) bond motifs is 1. The Kier molecular flexibility index (Phi) is 5.85. The molecule has 0 saturated carbocycles. The standard InChI is InChI=1S/C23H28N4O3S/c1-16-15-17(2)25-23-19(16)22(28)21(26(3)31(23,29)30)20(18-9-5-4-6-10-18)24-11-14-27-12-7-8-13-27/h4-6,9-10,15,24H,7-8,11-14H2,1-3H3/b21-20+. The van der Waals surface area contributed by atoms with Crippen LogP contribution >= 0.6 is 0 Å². The zero-order valence-corrected chi connectivity index (χ0v) is 19.0. The van der Waals surface area contributed by atoms with Gasteiger partial charge >= 0.3 is 0 Å². The number of nitrogens with zero attached hydrogens (tertiary/aromatic N) is 3. The highest BCUT2D eigenvalue weighted by Crippen LogP contribution is 2.35. The minimum atomic E-state index is -3.95. The normalized spacial score (nSPS) is 20.0. The number of Topliss-reactive ketones (excluding diaryl/α,β-unsaturated/α-hetero) is 1. The average molecular weight is 441 g/mol.